The van der Waals surface area contributed by atoms with Crippen LogP contribution in [0.25, 0.3) is 0 Å². The van der Waals surface area contributed by atoms with Crippen LogP contribution in [0.4, 0.5) is 0 Å². The third kappa shape index (κ3) is 3.69. The number of carbonyl (C=O) groups excluding carboxylic acids is 3. The molecule has 3 aliphatic heterocycles. The lowest BCUT2D eigenvalue weighted by Crippen LogP contribution is -2.58. The third-order valence-electron chi connectivity index (χ3n) is 7.33. The molecule has 3 aliphatic rings. The number of amides is 3. The summed E-state index contributed by atoms with van der Waals surface area (Å²) in [6, 6.07) is -0.679. The number of hydrogen-bond acceptors (Lipinski definition) is 5. The van der Waals surface area contributed by atoms with Gasteiger partial charge in [0.05, 0.1) is 16.6 Å². The van der Waals surface area contributed by atoms with Crippen LogP contribution in [0.3, 0.4) is 0 Å². The maximum Gasteiger partial charge on any atom is 0.247 e. The van der Waals surface area contributed by atoms with Crippen molar-refractivity contribution in [2.24, 2.45) is 17.8 Å². The molecule has 7 nitrogen and oxygen atoms in total. The molecule has 3 unspecified atom stereocenters. The highest BCUT2D eigenvalue weighted by Crippen LogP contribution is 2.68. The highest BCUT2D eigenvalue weighted by molar-refractivity contribution is 8.02. The first-order valence-corrected chi connectivity index (χ1v) is 12.4. The third-order valence-corrected chi connectivity index (χ3v) is 9.41. The van der Waals surface area contributed by atoms with E-state index in [-0.39, 0.29) is 41.5 Å². The smallest absolute Gasteiger partial charge is 0.247 e. The van der Waals surface area contributed by atoms with E-state index in [1.54, 1.807) is 45.7 Å². The molecule has 3 amide bonds. The molecule has 32 heavy (non-hydrogen) atoms. The van der Waals surface area contributed by atoms with Gasteiger partial charge in [0.25, 0.3) is 0 Å². The van der Waals surface area contributed by atoms with Gasteiger partial charge in [0.15, 0.2) is 0 Å². The molecule has 2 bridgehead atoms. The maximum atomic E-state index is 14.0. The first kappa shape index (κ1) is 24.8. The number of likely N-dealkylation sites (N-methyl/N-ethyl adjacent to an activating group) is 1. The minimum atomic E-state index is -0.638. The van der Waals surface area contributed by atoms with Crippen LogP contribution in [-0.4, -0.2) is 92.9 Å². The van der Waals surface area contributed by atoms with Crippen molar-refractivity contribution in [2.45, 2.75) is 55.7 Å². The highest BCUT2D eigenvalue weighted by atomic mass is 32.2. The van der Waals surface area contributed by atoms with Gasteiger partial charge in [0, 0.05) is 44.6 Å². The van der Waals surface area contributed by atoms with Gasteiger partial charge in [-0.15, -0.1) is 24.9 Å². The summed E-state index contributed by atoms with van der Waals surface area (Å²) in [6.45, 7) is 14.7. The van der Waals surface area contributed by atoms with E-state index in [1.807, 2.05) is 13.8 Å². The molecule has 0 aliphatic carbocycles. The van der Waals surface area contributed by atoms with E-state index in [2.05, 4.69) is 20.1 Å². The average Bonchev–Trinajstić information content (AvgIpc) is 3.33. The number of carbonyl (C=O) groups is 3. The molecule has 0 saturated carbocycles. The molecular formula is C24H37N3O4S. The number of fused-ring (bicyclic) bond motifs is 1. The molecule has 6 atom stereocenters. The number of likely N-dealkylation sites (tertiary alicyclic amines) is 1. The van der Waals surface area contributed by atoms with Gasteiger partial charge < -0.3 is 19.8 Å². The second kappa shape index (κ2) is 9.59. The molecule has 0 radical (unpaired) electrons. The van der Waals surface area contributed by atoms with E-state index < -0.39 is 22.6 Å². The molecule has 8 heteroatoms. The van der Waals surface area contributed by atoms with E-state index >= 15 is 0 Å². The SMILES string of the molecule is C=CCN(C)C(=O)[C@@H]1[C@H]2C(=O)N(CCCO)C(C(=O)N(CC=C)C(C)C)C23S[C@@H]1CC3C. The van der Waals surface area contributed by atoms with Gasteiger partial charge in [-0.3, -0.25) is 14.4 Å². The molecule has 0 aromatic heterocycles. The minimum absolute atomic E-state index is 0.0286. The van der Waals surface area contributed by atoms with E-state index in [1.165, 1.54) is 0 Å². The molecule has 178 valence electrons. The summed E-state index contributed by atoms with van der Waals surface area (Å²) in [5.41, 5.74) is 0. The lowest BCUT2D eigenvalue weighted by atomic mass is 9.65. The lowest BCUT2D eigenvalue weighted by Gasteiger charge is -2.41. The minimum Gasteiger partial charge on any atom is -0.396 e. The molecule has 1 N–H and O–H groups in total. The topological polar surface area (TPSA) is 81.2 Å². The Hall–Kier alpha value is -1.80. The van der Waals surface area contributed by atoms with Crippen LogP contribution in [0.5, 0.6) is 0 Å². The zero-order valence-corrected chi connectivity index (χ0v) is 20.5. The quantitative estimate of drug-likeness (QED) is 0.500. The number of aliphatic hydroxyl groups is 1. The summed E-state index contributed by atoms with van der Waals surface area (Å²) < 4.78 is -0.627. The maximum absolute atomic E-state index is 14.0. The first-order valence-electron chi connectivity index (χ1n) is 11.5. The summed E-state index contributed by atoms with van der Waals surface area (Å²) in [5, 5.41) is 9.48. The van der Waals surface area contributed by atoms with Gasteiger partial charge in [-0.1, -0.05) is 19.1 Å². The fourth-order valence-electron chi connectivity index (χ4n) is 5.95. The van der Waals surface area contributed by atoms with Crippen molar-refractivity contribution in [1.29, 1.82) is 0 Å². The first-order chi connectivity index (χ1) is 15.2. The summed E-state index contributed by atoms with van der Waals surface area (Å²) in [6.07, 6.45) is 4.61. The van der Waals surface area contributed by atoms with Crippen molar-refractivity contribution in [3.63, 3.8) is 0 Å². The Morgan fingerprint density at radius 1 is 1.28 bits per heavy atom. The Kier molecular flexibility index (Phi) is 7.44. The van der Waals surface area contributed by atoms with Crippen LogP contribution in [0, 0.1) is 17.8 Å². The van der Waals surface area contributed by atoms with Crippen molar-refractivity contribution in [1.82, 2.24) is 14.7 Å². The average molecular weight is 464 g/mol. The van der Waals surface area contributed by atoms with Crippen LogP contribution in [0.15, 0.2) is 25.3 Å². The van der Waals surface area contributed by atoms with E-state index in [9.17, 15) is 19.5 Å². The van der Waals surface area contributed by atoms with Crippen molar-refractivity contribution in [3.8, 4) is 0 Å². The van der Waals surface area contributed by atoms with Crippen molar-refractivity contribution < 1.29 is 19.5 Å². The molecule has 3 heterocycles. The Morgan fingerprint density at radius 3 is 2.50 bits per heavy atom. The lowest BCUT2D eigenvalue weighted by molar-refractivity contribution is -0.144. The van der Waals surface area contributed by atoms with Gasteiger partial charge in [-0.2, -0.15) is 0 Å². The normalized spacial score (nSPS) is 32.9. The highest BCUT2D eigenvalue weighted by Gasteiger charge is 2.76. The van der Waals surface area contributed by atoms with Crippen LogP contribution in [-0.2, 0) is 14.4 Å². The van der Waals surface area contributed by atoms with Crippen LogP contribution in [0.1, 0.15) is 33.6 Å². The Balaban J connectivity index is 2.07. The summed E-state index contributed by atoms with van der Waals surface area (Å²) in [5.74, 6) is -1.07. The number of hydrogen-bond donors (Lipinski definition) is 1. The summed E-state index contributed by atoms with van der Waals surface area (Å²) >= 11 is 1.68. The zero-order chi connectivity index (χ0) is 23.8. The number of nitrogens with zero attached hydrogens (tertiary/aromatic N) is 3. The molecule has 0 aromatic carbocycles. The Morgan fingerprint density at radius 2 is 1.94 bits per heavy atom. The molecule has 0 aromatic rings. The summed E-state index contributed by atoms with van der Waals surface area (Å²) in [4.78, 5) is 46.3. The second-order valence-corrected chi connectivity index (χ2v) is 11.1. The van der Waals surface area contributed by atoms with E-state index in [0.717, 1.165) is 6.42 Å². The zero-order valence-electron chi connectivity index (χ0n) is 19.7. The van der Waals surface area contributed by atoms with Gasteiger partial charge in [-0.05, 0) is 32.6 Å². The number of aliphatic hydroxyl groups excluding tert-OH is 1. The molecule has 1 spiro atoms. The largest absolute Gasteiger partial charge is 0.396 e. The van der Waals surface area contributed by atoms with Gasteiger partial charge in [-0.25, -0.2) is 0 Å². The fraction of sp³-hybridized carbons (Fsp3) is 0.708. The van der Waals surface area contributed by atoms with E-state index in [4.69, 9.17) is 0 Å². The van der Waals surface area contributed by atoms with Crippen LogP contribution >= 0.6 is 11.8 Å². The molecule has 3 saturated heterocycles. The Bertz CT molecular complexity index is 787. The fourth-order valence-corrected chi connectivity index (χ4v) is 8.36. The van der Waals surface area contributed by atoms with Gasteiger partial charge >= 0.3 is 0 Å². The molecule has 3 fully saturated rings. The predicted molar refractivity (Wildman–Crippen MR) is 127 cm³/mol. The molecular weight excluding hydrogens is 426 g/mol. The van der Waals surface area contributed by atoms with Gasteiger partial charge in [0.1, 0.15) is 6.04 Å². The molecule has 3 rings (SSSR count). The predicted octanol–water partition coefficient (Wildman–Crippen LogP) is 1.77. The van der Waals surface area contributed by atoms with Crippen molar-refractivity contribution >= 4 is 29.5 Å². The summed E-state index contributed by atoms with van der Waals surface area (Å²) in [7, 11) is 1.74. The van der Waals surface area contributed by atoms with Crippen molar-refractivity contribution in [2.75, 3.05) is 33.3 Å². The Labute approximate surface area is 195 Å². The van der Waals surface area contributed by atoms with Crippen LogP contribution < -0.4 is 0 Å². The second-order valence-electron chi connectivity index (χ2n) is 9.54. The van der Waals surface area contributed by atoms with Crippen LogP contribution in [0.2, 0.25) is 0 Å². The number of rotatable bonds is 10. The number of thioether (sulfide) groups is 1. The standard InChI is InChI=1S/C24H37N3O4S/c1-7-10-25(6)21(29)18-17-14-16(5)24(32-17)19(18)22(30)27(12-9-13-28)20(24)23(31)26(11-8-2)15(3)4/h7-8,15-20,28H,1-2,9-14H2,3-6H3/t16?,17-,18+,19+,20?,24?/m1/s1. The van der Waals surface area contributed by atoms with Gasteiger partial charge in [0.2, 0.25) is 17.7 Å². The monoisotopic (exact) mass is 463 g/mol. The van der Waals surface area contributed by atoms with E-state index in [0.29, 0.717) is 26.1 Å². The van der Waals surface area contributed by atoms with Crippen molar-refractivity contribution in [3.05, 3.63) is 25.3 Å².